The van der Waals surface area contributed by atoms with Crippen molar-refractivity contribution in [2.24, 2.45) is 11.7 Å². The fourth-order valence-corrected chi connectivity index (χ4v) is 3.23. The Hall–Kier alpha value is -0.610. The molecule has 1 aliphatic heterocycles. The third kappa shape index (κ3) is 3.69. The number of amides is 1. The molecule has 0 aromatic carbocycles. The lowest BCUT2D eigenvalue weighted by Crippen LogP contribution is -2.47. The number of nitrogens with two attached hydrogens (primary N) is 1. The summed E-state index contributed by atoms with van der Waals surface area (Å²) < 4.78 is 0. The first kappa shape index (κ1) is 13.8. The second-order valence-corrected chi connectivity index (χ2v) is 5.71. The van der Waals surface area contributed by atoms with E-state index in [0.29, 0.717) is 18.5 Å². The molecule has 2 unspecified atom stereocenters. The summed E-state index contributed by atoms with van der Waals surface area (Å²) >= 11 is 0. The molecule has 2 aliphatic rings. The highest BCUT2D eigenvalue weighted by atomic mass is 16.2. The number of hydrogen-bond acceptors (Lipinski definition) is 3. The molecule has 1 saturated heterocycles. The van der Waals surface area contributed by atoms with Crippen LogP contribution < -0.4 is 11.1 Å². The molecule has 104 valence electrons. The van der Waals surface area contributed by atoms with E-state index in [0.717, 1.165) is 19.6 Å². The second-order valence-electron chi connectivity index (χ2n) is 5.71. The Bertz CT molecular complexity index is 264. The Morgan fingerprint density at radius 3 is 2.56 bits per heavy atom. The Morgan fingerprint density at radius 1 is 1.11 bits per heavy atom. The van der Waals surface area contributed by atoms with Crippen molar-refractivity contribution in [3.63, 3.8) is 0 Å². The predicted molar refractivity (Wildman–Crippen MR) is 73.2 cm³/mol. The number of carbonyl (C=O) groups excluding carboxylic acids is 1. The van der Waals surface area contributed by atoms with E-state index in [1.165, 1.54) is 44.9 Å². The van der Waals surface area contributed by atoms with Gasteiger partial charge in [0, 0.05) is 19.1 Å². The maximum atomic E-state index is 12.1. The summed E-state index contributed by atoms with van der Waals surface area (Å²) in [6, 6.07) is 0.456. The van der Waals surface area contributed by atoms with Crippen LogP contribution in [0, 0.1) is 5.92 Å². The highest BCUT2D eigenvalue weighted by Crippen LogP contribution is 2.23. The van der Waals surface area contributed by atoms with Gasteiger partial charge < -0.3 is 16.0 Å². The maximum absolute atomic E-state index is 12.1. The van der Waals surface area contributed by atoms with Crippen molar-refractivity contribution in [2.45, 2.75) is 51.0 Å². The van der Waals surface area contributed by atoms with E-state index < -0.39 is 0 Å². The molecule has 3 N–H and O–H groups in total. The van der Waals surface area contributed by atoms with Crippen molar-refractivity contribution in [1.82, 2.24) is 10.2 Å². The molecule has 1 amide bonds. The summed E-state index contributed by atoms with van der Waals surface area (Å²) in [5.41, 5.74) is 5.81. The van der Waals surface area contributed by atoms with Gasteiger partial charge in [-0.15, -0.1) is 0 Å². The summed E-state index contributed by atoms with van der Waals surface area (Å²) in [5.74, 6) is 0.837. The molecule has 1 saturated carbocycles. The summed E-state index contributed by atoms with van der Waals surface area (Å²) in [6.07, 6.45) is 8.56. The van der Waals surface area contributed by atoms with Gasteiger partial charge in [0.1, 0.15) is 0 Å². The minimum atomic E-state index is 0.274. The quantitative estimate of drug-likeness (QED) is 0.789. The molecule has 0 spiro atoms. The number of rotatable bonds is 4. The Morgan fingerprint density at radius 2 is 1.83 bits per heavy atom. The first-order chi connectivity index (χ1) is 8.81. The summed E-state index contributed by atoms with van der Waals surface area (Å²) in [5, 5.41) is 3.45. The minimum absolute atomic E-state index is 0.274. The van der Waals surface area contributed by atoms with Crippen LogP contribution in [0.3, 0.4) is 0 Å². The van der Waals surface area contributed by atoms with Crippen molar-refractivity contribution >= 4 is 5.91 Å². The van der Waals surface area contributed by atoms with E-state index in [9.17, 15) is 4.79 Å². The van der Waals surface area contributed by atoms with Gasteiger partial charge in [-0.1, -0.05) is 12.8 Å². The van der Waals surface area contributed by atoms with Crippen molar-refractivity contribution in [3.05, 3.63) is 0 Å². The van der Waals surface area contributed by atoms with Crippen LogP contribution in [0.5, 0.6) is 0 Å². The van der Waals surface area contributed by atoms with Crippen molar-refractivity contribution in [1.29, 1.82) is 0 Å². The molecule has 0 aromatic rings. The lowest BCUT2D eigenvalue weighted by molar-refractivity contribution is -0.131. The van der Waals surface area contributed by atoms with Crippen LogP contribution in [0.25, 0.3) is 0 Å². The normalized spacial score (nSPS) is 29.3. The summed E-state index contributed by atoms with van der Waals surface area (Å²) in [7, 11) is 0. The van der Waals surface area contributed by atoms with Crippen LogP contribution in [-0.2, 0) is 4.79 Å². The van der Waals surface area contributed by atoms with Gasteiger partial charge in [-0.05, 0) is 44.6 Å². The molecule has 0 aromatic heterocycles. The summed E-state index contributed by atoms with van der Waals surface area (Å²) in [4.78, 5) is 14.1. The monoisotopic (exact) mass is 253 g/mol. The van der Waals surface area contributed by atoms with E-state index in [4.69, 9.17) is 5.73 Å². The number of likely N-dealkylation sites (tertiary alicyclic amines) is 1. The largest absolute Gasteiger partial charge is 0.342 e. The van der Waals surface area contributed by atoms with Crippen LogP contribution >= 0.6 is 0 Å². The van der Waals surface area contributed by atoms with Crippen LogP contribution in [0.4, 0.5) is 0 Å². The molecule has 2 rings (SSSR count). The van der Waals surface area contributed by atoms with Crippen molar-refractivity contribution in [3.8, 4) is 0 Å². The topological polar surface area (TPSA) is 58.4 Å². The zero-order valence-electron chi connectivity index (χ0n) is 11.4. The molecule has 4 nitrogen and oxygen atoms in total. The van der Waals surface area contributed by atoms with E-state index in [1.807, 2.05) is 4.90 Å². The standard InChI is InChI=1S/C14H27N3O/c15-10-12-6-2-3-7-13(12)16-11-14(18)17-8-4-1-5-9-17/h12-13,16H,1-11,15H2. The van der Waals surface area contributed by atoms with E-state index in [-0.39, 0.29) is 5.91 Å². The third-order valence-corrected chi connectivity index (χ3v) is 4.44. The Labute approximate surface area is 110 Å². The van der Waals surface area contributed by atoms with Crippen molar-refractivity contribution in [2.75, 3.05) is 26.2 Å². The fourth-order valence-electron chi connectivity index (χ4n) is 3.23. The second kappa shape index (κ2) is 7.10. The number of carbonyl (C=O) groups is 1. The molecule has 18 heavy (non-hydrogen) atoms. The molecule has 0 radical (unpaired) electrons. The lowest BCUT2D eigenvalue weighted by atomic mass is 9.84. The molecule has 1 aliphatic carbocycles. The Kier molecular flexibility index (Phi) is 5.45. The molecular weight excluding hydrogens is 226 g/mol. The lowest BCUT2D eigenvalue weighted by Gasteiger charge is -2.33. The molecule has 0 bridgehead atoms. The molecule has 4 heteroatoms. The van der Waals surface area contributed by atoms with Gasteiger partial charge in [-0.3, -0.25) is 4.79 Å². The zero-order chi connectivity index (χ0) is 12.8. The number of nitrogens with one attached hydrogen (secondary N) is 1. The number of piperidine rings is 1. The molecule has 2 fully saturated rings. The number of nitrogens with zero attached hydrogens (tertiary/aromatic N) is 1. The minimum Gasteiger partial charge on any atom is -0.342 e. The van der Waals surface area contributed by atoms with Gasteiger partial charge >= 0.3 is 0 Å². The van der Waals surface area contributed by atoms with Crippen LogP contribution in [0.1, 0.15) is 44.9 Å². The van der Waals surface area contributed by atoms with Crippen LogP contribution in [0.2, 0.25) is 0 Å². The highest BCUT2D eigenvalue weighted by molar-refractivity contribution is 5.78. The van der Waals surface area contributed by atoms with Gasteiger partial charge in [0.2, 0.25) is 5.91 Å². The van der Waals surface area contributed by atoms with E-state index in [1.54, 1.807) is 0 Å². The molecular formula is C14H27N3O. The van der Waals surface area contributed by atoms with E-state index in [2.05, 4.69) is 5.32 Å². The van der Waals surface area contributed by atoms with Gasteiger partial charge in [0.15, 0.2) is 0 Å². The average molecular weight is 253 g/mol. The average Bonchev–Trinajstić information content (AvgIpc) is 2.46. The molecule has 2 atom stereocenters. The van der Waals surface area contributed by atoms with Crippen molar-refractivity contribution < 1.29 is 4.79 Å². The zero-order valence-corrected chi connectivity index (χ0v) is 11.4. The number of hydrogen-bond donors (Lipinski definition) is 2. The highest BCUT2D eigenvalue weighted by Gasteiger charge is 2.25. The predicted octanol–water partition coefficient (Wildman–Crippen LogP) is 1.11. The first-order valence-corrected chi connectivity index (χ1v) is 7.52. The summed E-state index contributed by atoms with van der Waals surface area (Å²) in [6.45, 7) is 3.15. The van der Waals surface area contributed by atoms with Gasteiger partial charge in [0.25, 0.3) is 0 Å². The maximum Gasteiger partial charge on any atom is 0.236 e. The first-order valence-electron chi connectivity index (χ1n) is 7.52. The smallest absolute Gasteiger partial charge is 0.236 e. The van der Waals surface area contributed by atoms with Gasteiger partial charge in [-0.25, -0.2) is 0 Å². The van der Waals surface area contributed by atoms with Gasteiger partial charge in [-0.2, -0.15) is 0 Å². The van der Waals surface area contributed by atoms with E-state index >= 15 is 0 Å². The van der Waals surface area contributed by atoms with Crippen LogP contribution in [-0.4, -0.2) is 43.0 Å². The SMILES string of the molecule is NCC1CCCCC1NCC(=O)N1CCCCC1. The van der Waals surface area contributed by atoms with Gasteiger partial charge in [0.05, 0.1) is 6.54 Å². The molecule has 1 heterocycles. The Balaban J connectivity index is 1.73. The third-order valence-electron chi connectivity index (χ3n) is 4.44. The van der Waals surface area contributed by atoms with Crippen LogP contribution in [0.15, 0.2) is 0 Å². The fraction of sp³-hybridized carbons (Fsp3) is 0.929.